The summed E-state index contributed by atoms with van der Waals surface area (Å²) in [6.07, 6.45) is 1.57. The number of hydrogen-bond acceptors (Lipinski definition) is 5. The van der Waals surface area contributed by atoms with E-state index in [0.29, 0.717) is 11.6 Å². The van der Waals surface area contributed by atoms with Gasteiger partial charge in [0.05, 0.1) is 18.7 Å². The van der Waals surface area contributed by atoms with Crippen molar-refractivity contribution in [3.63, 3.8) is 0 Å². The zero-order chi connectivity index (χ0) is 9.68. The van der Waals surface area contributed by atoms with E-state index in [1.54, 1.807) is 18.3 Å². The Morgan fingerprint density at radius 2 is 2.54 bits per heavy atom. The van der Waals surface area contributed by atoms with E-state index in [-0.39, 0.29) is 5.88 Å². The lowest BCUT2D eigenvalue weighted by Gasteiger charge is -2.10. The number of methoxy groups -OCH3 is 1. The van der Waals surface area contributed by atoms with Crippen LogP contribution in [0.2, 0.25) is 0 Å². The Morgan fingerprint density at radius 3 is 3.15 bits per heavy atom. The maximum absolute atomic E-state index is 10.2. The lowest BCUT2D eigenvalue weighted by molar-refractivity contribution is 0.400. The zero-order valence-electron chi connectivity index (χ0n) is 7.02. The molecule has 1 atom stereocenters. The summed E-state index contributed by atoms with van der Waals surface area (Å²) < 4.78 is 25.4. The van der Waals surface area contributed by atoms with E-state index in [1.165, 1.54) is 7.11 Å². The highest BCUT2D eigenvalue weighted by Crippen LogP contribution is 2.19. The molecule has 0 aliphatic rings. The van der Waals surface area contributed by atoms with Gasteiger partial charge in [0.2, 0.25) is 5.88 Å². The topological polar surface area (TPSA) is 74.3 Å². The number of aromatic nitrogens is 1. The van der Waals surface area contributed by atoms with Crippen molar-refractivity contribution in [1.29, 1.82) is 0 Å². The Labute approximate surface area is 78.4 Å². The largest absolute Gasteiger partial charge is 0.771 e. The number of hydrogen-bond donors (Lipinski definition) is 1. The molecule has 0 saturated heterocycles. The molecule has 0 spiro atoms. The summed E-state index contributed by atoms with van der Waals surface area (Å²) in [5.41, 5.74) is 0.564. The third kappa shape index (κ3) is 3.00. The number of nitrogens with zero attached hydrogens (tertiary/aromatic N) is 1. The van der Waals surface area contributed by atoms with Gasteiger partial charge in [0.25, 0.3) is 0 Å². The van der Waals surface area contributed by atoms with E-state index in [1.807, 2.05) is 0 Å². The predicted molar refractivity (Wildman–Crippen MR) is 48.2 cm³/mol. The highest BCUT2D eigenvalue weighted by molar-refractivity contribution is 7.79. The van der Waals surface area contributed by atoms with E-state index in [4.69, 9.17) is 4.74 Å². The molecule has 0 saturated carbocycles. The van der Waals surface area contributed by atoms with Crippen LogP contribution in [0.25, 0.3) is 0 Å². The van der Waals surface area contributed by atoms with Gasteiger partial charge in [0.1, 0.15) is 0 Å². The van der Waals surface area contributed by atoms with Gasteiger partial charge < -0.3 is 14.6 Å². The van der Waals surface area contributed by atoms with Crippen LogP contribution in [0.1, 0.15) is 0 Å². The van der Waals surface area contributed by atoms with Crippen molar-refractivity contribution in [3.05, 3.63) is 18.3 Å². The first-order chi connectivity index (χ1) is 6.24. The Balaban J connectivity index is 2.69. The van der Waals surface area contributed by atoms with E-state index in [2.05, 4.69) is 10.3 Å². The summed E-state index contributed by atoms with van der Waals surface area (Å²) in [6, 6.07) is 3.39. The molecule has 6 heteroatoms. The average Bonchev–Trinajstić information content (AvgIpc) is 2.15. The molecule has 72 valence electrons. The summed E-state index contributed by atoms with van der Waals surface area (Å²) >= 11 is -2.12. The Bertz CT molecular complexity index is 306. The molecule has 1 rings (SSSR count). The monoisotopic (exact) mass is 201 g/mol. The minimum Gasteiger partial charge on any atom is -0.771 e. The van der Waals surface area contributed by atoms with Gasteiger partial charge in [-0.25, -0.2) is 4.98 Å². The van der Waals surface area contributed by atoms with E-state index < -0.39 is 11.1 Å². The van der Waals surface area contributed by atoms with Crippen molar-refractivity contribution in [2.24, 2.45) is 0 Å². The molecule has 5 nitrogen and oxygen atoms in total. The van der Waals surface area contributed by atoms with E-state index in [0.717, 1.165) is 0 Å². The van der Waals surface area contributed by atoms with Crippen molar-refractivity contribution < 1.29 is 13.5 Å². The average molecular weight is 201 g/mol. The molecule has 0 aliphatic carbocycles. The van der Waals surface area contributed by atoms with Crippen LogP contribution in [-0.2, 0) is 11.1 Å². The first-order valence-corrected chi connectivity index (χ1v) is 4.77. The second kappa shape index (κ2) is 4.78. The maximum Gasteiger partial charge on any atom is 0.237 e. The van der Waals surface area contributed by atoms with Crippen LogP contribution in [0, 0.1) is 0 Å². The summed E-state index contributed by atoms with van der Waals surface area (Å²) in [6.45, 7) is 0. The van der Waals surface area contributed by atoms with Crippen LogP contribution >= 0.6 is 0 Å². The van der Waals surface area contributed by atoms with Crippen molar-refractivity contribution in [2.75, 3.05) is 18.3 Å². The Kier molecular flexibility index (Phi) is 3.66. The molecular weight excluding hydrogens is 192 g/mol. The van der Waals surface area contributed by atoms with Crippen molar-refractivity contribution in [2.45, 2.75) is 0 Å². The zero-order valence-corrected chi connectivity index (χ0v) is 7.84. The Morgan fingerprint density at radius 1 is 1.77 bits per heavy atom. The maximum atomic E-state index is 10.2. The van der Waals surface area contributed by atoms with Crippen molar-refractivity contribution in [1.82, 2.24) is 4.98 Å². The smallest absolute Gasteiger partial charge is 0.237 e. The summed E-state index contributed by atoms with van der Waals surface area (Å²) in [5, 5.41) is 2.66. The van der Waals surface area contributed by atoms with Gasteiger partial charge in [-0.15, -0.1) is 0 Å². The van der Waals surface area contributed by atoms with Gasteiger partial charge in [-0.2, -0.15) is 0 Å². The van der Waals surface area contributed by atoms with Crippen LogP contribution in [0.3, 0.4) is 0 Å². The molecule has 0 amide bonds. The van der Waals surface area contributed by atoms with Gasteiger partial charge in [-0.05, 0) is 23.2 Å². The number of rotatable bonds is 4. The number of anilines is 1. The van der Waals surface area contributed by atoms with Gasteiger partial charge in [-0.1, -0.05) is 0 Å². The molecule has 0 aromatic carbocycles. The van der Waals surface area contributed by atoms with Crippen LogP contribution in [0.15, 0.2) is 18.3 Å². The molecule has 1 aromatic rings. The summed E-state index contributed by atoms with van der Waals surface area (Å²) in [7, 11) is 1.47. The number of nitrogens with one attached hydrogen (secondary N) is 1. The minimum absolute atomic E-state index is 0.151. The molecule has 0 bridgehead atoms. The molecular formula is C7H9N2O3S-. The van der Waals surface area contributed by atoms with Crippen LogP contribution in [0.5, 0.6) is 5.88 Å². The number of pyridine rings is 1. The quantitative estimate of drug-likeness (QED) is 0.711. The van der Waals surface area contributed by atoms with Crippen molar-refractivity contribution >= 4 is 16.8 Å². The molecule has 1 unspecified atom stereocenters. The predicted octanol–water partition coefficient (Wildman–Crippen LogP) is 0.339. The minimum atomic E-state index is -2.12. The molecule has 1 aromatic heterocycles. The molecule has 0 fully saturated rings. The van der Waals surface area contributed by atoms with Crippen LogP contribution in [-0.4, -0.2) is 26.7 Å². The number of ether oxygens (including phenoxy) is 1. The molecule has 1 heterocycles. The lowest BCUT2D eigenvalue weighted by atomic mass is 10.4. The van der Waals surface area contributed by atoms with E-state index in [9.17, 15) is 8.76 Å². The molecule has 1 N–H and O–H groups in total. The highest BCUT2D eigenvalue weighted by atomic mass is 32.2. The van der Waals surface area contributed by atoms with Gasteiger partial charge in [-0.3, -0.25) is 4.21 Å². The fourth-order valence-corrected chi connectivity index (χ4v) is 1.10. The fourth-order valence-electron chi connectivity index (χ4n) is 0.825. The fraction of sp³-hybridized carbons (Fsp3) is 0.286. The van der Waals surface area contributed by atoms with Gasteiger partial charge >= 0.3 is 0 Å². The first kappa shape index (κ1) is 9.94. The Hall–Kier alpha value is -1.14. The second-order valence-corrected chi connectivity index (χ2v) is 3.08. The first-order valence-electron chi connectivity index (χ1n) is 3.53. The summed E-state index contributed by atoms with van der Waals surface area (Å²) in [4.78, 5) is 3.89. The lowest BCUT2D eigenvalue weighted by Crippen LogP contribution is -2.08. The normalized spacial score (nSPS) is 12.2. The van der Waals surface area contributed by atoms with Gasteiger partial charge in [0, 0.05) is 6.20 Å². The third-order valence-corrected chi connectivity index (χ3v) is 1.73. The molecule has 0 radical (unpaired) electrons. The van der Waals surface area contributed by atoms with Crippen molar-refractivity contribution in [3.8, 4) is 5.88 Å². The third-order valence-electron chi connectivity index (χ3n) is 1.34. The summed E-state index contributed by atoms with van der Waals surface area (Å²) in [5.74, 6) is 0.232. The van der Waals surface area contributed by atoms with E-state index >= 15 is 0 Å². The second-order valence-electron chi connectivity index (χ2n) is 2.19. The highest BCUT2D eigenvalue weighted by Gasteiger charge is 2.00. The molecule has 13 heavy (non-hydrogen) atoms. The van der Waals surface area contributed by atoms with Gasteiger partial charge in [0.15, 0.2) is 0 Å². The van der Waals surface area contributed by atoms with Crippen LogP contribution in [0.4, 0.5) is 5.69 Å². The molecule has 0 aliphatic heterocycles. The SMILES string of the molecule is COc1ncccc1NCS(=O)[O-]. The van der Waals surface area contributed by atoms with Crippen LogP contribution < -0.4 is 10.1 Å². The standard InChI is InChI=1S/C7H10N2O3S/c1-12-7-6(3-2-4-8-7)9-5-13(10)11/h2-4,9H,5H2,1H3,(H,10,11)/p-1.